The Balaban J connectivity index is 1.11. The summed E-state index contributed by atoms with van der Waals surface area (Å²) in [6, 6.07) is 71.0. The summed E-state index contributed by atoms with van der Waals surface area (Å²) >= 11 is 0. The van der Waals surface area contributed by atoms with Gasteiger partial charge in [-0.1, -0.05) is 152 Å². The van der Waals surface area contributed by atoms with Crippen LogP contribution in [0.25, 0.3) is 88.0 Å². The fourth-order valence-electron chi connectivity index (χ4n) is 8.39. The predicted molar refractivity (Wildman–Crippen MR) is 229 cm³/mol. The normalized spacial score (nSPS) is 11.6. The van der Waals surface area contributed by atoms with Crippen LogP contribution in [0.15, 0.2) is 209 Å². The van der Waals surface area contributed by atoms with Gasteiger partial charge in [0.05, 0.1) is 16.8 Å². The van der Waals surface area contributed by atoms with Crippen molar-refractivity contribution in [3.8, 4) is 33.4 Å². The molecule has 258 valence electrons. The number of benzene rings is 9. The molecule has 0 bridgehead atoms. The zero-order chi connectivity index (χ0) is 36.3. The molecular formula is C52H33NO2. The van der Waals surface area contributed by atoms with Crippen LogP contribution in [0.3, 0.4) is 0 Å². The minimum Gasteiger partial charge on any atom is -0.456 e. The van der Waals surface area contributed by atoms with Gasteiger partial charge >= 0.3 is 0 Å². The van der Waals surface area contributed by atoms with Crippen molar-refractivity contribution in [3.63, 3.8) is 0 Å². The number of fused-ring (bicyclic) bond motifs is 7. The van der Waals surface area contributed by atoms with Crippen LogP contribution >= 0.6 is 0 Å². The highest BCUT2D eigenvalue weighted by Crippen LogP contribution is 2.48. The Morgan fingerprint density at radius 3 is 1.65 bits per heavy atom. The number of hydrogen-bond donors (Lipinski definition) is 0. The lowest BCUT2D eigenvalue weighted by Gasteiger charge is -2.29. The molecule has 11 rings (SSSR count). The van der Waals surface area contributed by atoms with Gasteiger partial charge < -0.3 is 13.7 Å². The summed E-state index contributed by atoms with van der Waals surface area (Å²) < 4.78 is 12.8. The molecule has 3 heteroatoms. The minimum atomic E-state index is 0.851. The molecule has 3 nitrogen and oxygen atoms in total. The van der Waals surface area contributed by atoms with E-state index in [2.05, 4.69) is 181 Å². The van der Waals surface area contributed by atoms with Crippen LogP contribution in [0.2, 0.25) is 0 Å². The second kappa shape index (κ2) is 12.6. The Morgan fingerprint density at radius 1 is 0.309 bits per heavy atom. The Kier molecular flexibility index (Phi) is 7.17. The maximum absolute atomic E-state index is 6.45. The summed E-state index contributed by atoms with van der Waals surface area (Å²) in [4.78, 5) is 2.40. The van der Waals surface area contributed by atoms with Gasteiger partial charge in [0, 0.05) is 27.4 Å². The Morgan fingerprint density at radius 2 is 0.836 bits per heavy atom. The lowest BCUT2D eigenvalue weighted by atomic mass is 9.95. The number of hydrogen-bond acceptors (Lipinski definition) is 3. The van der Waals surface area contributed by atoms with Crippen molar-refractivity contribution >= 4 is 71.7 Å². The third kappa shape index (κ3) is 5.13. The summed E-state index contributed by atoms with van der Waals surface area (Å²) in [5.41, 5.74) is 13.6. The van der Waals surface area contributed by atoms with Crippen molar-refractivity contribution in [3.05, 3.63) is 200 Å². The first-order chi connectivity index (χ1) is 27.3. The van der Waals surface area contributed by atoms with Crippen LogP contribution in [-0.2, 0) is 0 Å². The van der Waals surface area contributed by atoms with Gasteiger partial charge in [0.1, 0.15) is 22.3 Å². The molecule has 0 spiro atoms. The highest BCUT2D eigenvalue weighted by atomic mass is 16.3. The molecule has 11 aromatic rings. The van der Waals surface area contributed by atoms with Gasteiger partial charge in [0.15, 0.2) is 0 Å². The van der Waals surface area contributed by atoms with Gasteiger partial charge in [-0.25, -0.2) is 0 Å². The van der Waals surface area contributed by atoms with Crippen LogP contribution in [0.5, 0.6) is 0 Å². The quantitative estimate of drug-likeness (QED) is 0.173. The van der Waals surface area contributed by atoms with Crippen LogP contribution in [0.4, 0.5) is 17.1 Å². The van der Waals surface area contributed by atoms with E-state index in [1.807, 2.05) is 24.3 Å². The third-order valence-electron chi connectivity index (χ3n) is 10.9. The molecule has 0 aliphatic heterocycles. The van der Waals surface area contributed by atoms with Crippen molar-refractivity contribution < 1.29 is 8.83 Å². The summed E-state index contributed by atoms with van der Waals surface area (Å²) in [7, 11) is 0. The van der Waals surface area contributed by atoms with E-state index < -0.39 is 0 Å². The molecule has 0 fully saturated rings. The van der Waals surface area contributed by atoms with Crippen molar-refractivity contribution in [1.29, 1.82) is 0 Å². The second-order valence-electron chi connectivity index (χ2n) is 14.0. The fraction of sp³-hybridized carbons (Fsp3) is 0. The SMILES string of the molecule is c1cc(-c2ccc(-c3cccc4ccccc34)cc2)cc(N(c2ccccc2-c2cccc3oc4ccccc4c23)c2cccc3oc4ccccc4c23)c1. The highest BCUT2D eigenvalue weighted by molar-refractivity contribution is 6.16. The van der Waals surface area contributed by atoms with Gasteiger partial charge in [-0.3, -0.25) is 0 Å². The Hall–Kier alpha value is -7.36. The van der Waals surface area contributed by atoms with E-state index in [-0.39, 0.29) is 0 Å². The lowest BCUT2D eigenvalue weighted by molar-refractivity contribution is 0.668. The number of rotatable bonds is 6. The third-order valence-corrected chi connectivity index (χ3v) is 10.9. The molecule has 0 amide bonds. The first kappa shape index (κ1) is 31.2. The molecule has 0 saturated heterocycles. The van der Waals surface area contributed by atoms with Crippen molar-refractivity contribution in [1.82, 2.24) is 0 Å². The lowest BCUT2D eigenvalue weighted by Crippen LogP contribution is -2.11. The molecule has 0 aliphatic carbocycles. The Labute approximate surface area is 317 Å². The predicted octanol–water partition coefficient (Wildman–Crippen LogP) is 15.1. The van der Waals surface area contributed by atoms with Gasteiger partial charge in [0.25, 0.3) is 0 Å². The first-order valence-electron chi connectivity index (χ1n) is 18.7. The van der Waals surface area contributed by atoms with E-state index >= 15 is 0 Å². The van der Waals surface area contributed by atoms with Gasteiger partial charge in [-0.05, 0) is 87.1 Å². The summed E-state index contributed by atoms with van der Waals surface area (Å²) in [5.74, 6) is 0. The van der Waals surface area contributed by atoms with Crippen molar-refractivity contribution in [2.75, 3.05) is 4.90 Å². The second-order valence-corrected chi connectivity index (χ2v) is 14.0. The maximum Gasteiger partial charge on any atom is 0.137 e. The zero-order valence-corrected chi connectivity index (χ0v) is 29.8. The largest absolute Gasteiger partial charge is 0.456 e. The summed E-state index contributed by atoms with van der Waals surface area (Å²) in [6.07, 6.45) is 0. The van der Waals surface area contributed by atoms with Crippen molar-refractivity contribution in [2.45, 2.75) is 0 Å². The van der Waals surface area contributed by atoms with Crippen LogP contribution in [0, 0.1) is 0 Å². The van der Waals surface area contributed by atoms with E-state index in [0.29, 0.717) is 0 Å². The van der Waals surface area contributed by atoms with Gasteiger partial charge in [-0.2, -0.15) is 0 Å². The molecule has 55 heavy (non-hydrogen) atoms. The maximum atomic E-state index is 6.45. The summed E-state index contributed by atoms with van der Waals surface area (Å²) in [5, 5.41) is 6.87. The van der Waals surface area contributed by atoms with E-state index in [1.165, 1.54) is 21.9 Å². The standard InChI is InChI=1S/C52H33NO2/c1-2-17-39-35(13-1)14-10-21-40(39)36-31-29-34(30-32-36)37-15-9-16-38(33-37)53(46-24-12-28-50-52(46)44-20-5-8-26-48(44)55-50)45-23-6-3-18-41(45)42-22-11-27-49-51(42)43-19-4-7-25-47(43)54-49/h1-33H. The number of nitrogens with zero attached hydrogens (tertiary/aromatic N) is 1. The topological polar surface area (TPSA) is 29.5 Å². The molecule has 0 radical (unpaired) electrons. The molecular weight excluding hydrogens is 671 g/mol. The molecule has 0 atom stereocenters. The van der Waals surface area contributed by atoms with Gasteiger partial charge in [0.2, 0.25) is 0 Å². The van der Waals surface area contributed by atoms with Gasteiger partial charge in [-0.15, -0.1) is 0 Å². The zero-order valence-electron chi connectivity index (χ0n) is 29.8. The van der Waals surface area contributed by atoms with E-state index in [4.69, 9.17) is 8.83 Å². The molecule has 0 unspecified atom stereocenters. The molecule has 2 aromatic heterocycles. The van der Waals surface area contributed by atoms with E-state index in [0.717, 1.165) is 83.2 Å². The highest BCUT2D eigenvalue weighted by Gasteiger charge is 2.23. The summed E-state index contributed by atoms with van der Waals surface area (Å²) in [6.45, 7) is 0. The minimum absolute atomic E-state index is 0.851. The molecule has 0 N–H and O–H groups in total. The monoisotopic (exact) mass is 703 g/mol. The molecule has 2 heterocycles. The van der Waals surface area contributed by atoms with E-state index in [1.54, 1.807) is 0 Å². The number of furan rings is 2. The van der Waals surface area contributed by atoms with E-state index in [9.17, 15) is 0 Å². The smallest absolute Gasteiger partial charge is 0.137 e. The number of para-hydroxylation sites is 3. The molecule has 9 aromatic carbocycles. The average molecular weight is 704 g/mol. The average Bonchev–Trinajstić information content (AvgIpc) is 3.83. The molecule has 0 saturated carbocycles. The van der Waals surface area contributed by atoms with Crippen LogP contribution in [0.1, 0.15) is 0 Å². The first-order valence-corrected chi connectivity index (χ1v) is 18.7. The number of anilines is 3. The van der Waals surface area contributed by atoms with Crippen molar-refractivity contribution in [2.24, 2.45) is 0 Å². The Bertz CT molecular complexity index is 3220. The fourth-order valence-corrected chi connectivity index (χ4v) is 8.39. The van der Waals surface area contributed by atoms with Crippen LogP contribution in [-0.4, -0.2) is 0 Å². The van der Waals surface area contributed by atoms with Crippen LogP contribution < -0.4 is 4.90 Å². The molecule has 0 aliphatic rings.